The Morgan fingerprint density at radius 2 is 1.20 bits per heavy atom. The lowest BCUT2D eigenvalue weighted by atomic mass is 10.1. The summed E-state index contributed by atoms with van der Waals surface area (Å²) in [5.41, 5.74) is 0. The highest BCUT2D eigenvalue weighted by atomic mass is 31.2. The van der Waals surface area contributed by atoms with Gasteiger partial charge in [0.15, 0.2) is 6.10 Å². The van der Waals surface area contributed by atoms with Gasteiger partial charge >= 0.3 is 11.9 Å². The summed E-state index contributed by atoms with van der Waals surface area (Å²) < 4.78 is 33.7. The van der Waals surface area contributed by atoms with E-state index in [4.69, 9.17) is 18.5 Å². The number of likely N-dealkylation sites (N-methyl/N-ethyl adjacent to an activating group) is 1. The van der Waals surface area contributed by atoms with Crippen molar-refractivity contribution in [3.8, 4) is 0 Å². The SMILES string of the molecule is CC/C=C\CC(O)/C=C/C=C/C/C=C\C/C=C\C/C=C\CCC(=O)OC[C@H](COP(=O)([O-])OCC[N+](C)(C)C)OC(=O)CCCC/C=C\C/C=C\C/C=C\CCCCC. The number of phosphoric acid groups is 1. The van der Waals surface area contributed by atoms with Gasteiger partial charge in [-0.05, 0) is 83.5 Å². The molecular weight excluding hydrogens is 765 g/mol. The van der Waals surface area contributed by atoms with Crippen LogP contribution in [0.1, 0.15) is 123 Å². The van der Waals surface area contributed by atoms with Crippen molar-refractivity contribution in [1.29, 1.82) is 0 Å². The molecule has 0 spiro atoms. The zero-order valence-electron chi connectivity index (χ0n) is 37.0. The number of phosphoric ester groups is 1. The smallest absolute Gasteiger partial charge is 0.306 e. The van der Waals surface area contributed by atoms with Crippen LogP contribution in [0, 0.1) is 0 Å². The van der Waals surface area contributed by atoms with E-state index in [9.17, 15) is 24.2 Å². The Hall–Kier alpha value is -3.37. The second kappa shape index (κ2) is 38.8. The molecule has 2 unspecified atom stereocenters. The summed E-state index contributed by atoms with van der Waals surface area (Å²) in [5.74, 6) is -1.01. The average molecular weight is 844 g/mol. The van der Waals surface area contributed by atoms with Crippen LogP contribution in [0.15, 0.2) is 109 Å². The number of rotatable bonds is 37. The molecule has 0 amide bonds. The highest BCUT2D eigenvalue weighted by Gasteiger charge is 2.21. The number of carbonyl (C=O) groups excluding carboxylic acids is 2. The van der Waals surface area contributed by atoms with Gasteiger partial charge in [-0.25, -0.2) is 0 Å². The molecule has 0 aliphatic carbocycles. The minimum absolute atomic E-state index is 0.0625. The number of ether oxygens (including phenoxy) is 2. The molecule has 0 fully saturated rings. The van der Waals surface area contributed by atoms with Crippen molar-refractivity contribution < 1.29 is 47.2 Å². The topological polar surface area (TPSA) is 131 Å². The van der Waals surface area contributed by atoms with Crippen molar-refractivity contribution in [1.82, 2.24) is 0 Å². The zero-order valence-corrected chi connectivity index (χ0v) is 37.9. The molecular formula is C48H78NO9P. The fraction of sp³-hybridized carbons (Fsp3) is 0.583. The van der Waals surface area contributed by atoms with Gasteiger partial charge in [0.2, 0.25) is 0 Å². The Morgan fingerprint density at radius 3 is 1.78 bits per heavy atom. The Morgan fingerprint density at radius 1 is 0.644 bits per heavy atom. The first kappa shape index (κ1) is 55.6. The Kier molecular flexibility index (Phi) is 36.6. The Balaban J connectivity index is 4.61. The normalized spacial score (nSPS) is 15.2. The maximum Gasteiger partial charge on any atom is 0.306 e. The largest absolute Gasteiger partial charge is 0.756 e. The summed E-state index contributed by atoms with van der Waals surface area (Å²) >= 11 is 0. The van der Waals surface area contributed by atoms with E-state index in [2.05, 4.69) is 74.6 Å². The standard InChI is InChI=1S/C48H78NO9P/c1-6-8-10-11-12-13-14-15-16-19-23-26-29-32-36-40-48(52)58-46(44-57-59(53,54)56-42-41-49(3,4)5)43-55-47(51)39-35-31-28-25-22-20-17-18-21-24-27-30-34-38-45(50)37-33-9-7-2/h9,12-13,15-16,18,20-23,26-28,30-31,33-34,38,45-46,50H,6-8,10-11,14,17,19,24-25,29,32,35-37,39-44H2,1-5H3/b13-12-,16-15-,21-18-,22-20-,26-23-,30-27+,31-28-,33-9-,38-34+/t45?,46-/m1/s1. The van der Waals surface area contributed by atoms with E-state index in [0.29, 0.717) is 30.3 Å². The first-order valence-corrected chi connectivity index (χ1v) is 23.2. The number of quaternary nitrogens is 1. The fourth-order valence-electron chi connectivity index (χ4n) is 4.94. The minimum atomic E-state index is -4.67. The van der Waals surface area contributed by atoms with E-state index in [1.165, 1.54) is 19.3 Å². The van der Waals surface area contributed by atoms with E-state index in [1.54, 1.807) is 6.08 Å². The number of aliphatic hydroxyl groups excluding tert-OH is 1. The third-order valence-corrected chi connectivity index (χ3v) is 9.33. The monoisotopic (exact) mass is 844 g/mol. The van der Waals surface area contributed by atoms with Crippen LogP contribution in [0.5, 0.6) is 0 Å². The van der Waals surface area contributed by atoms with Gasteiger partial charge in [0, 0.05) is 12.8 Å². The molecule has 0 aromatic heterocycles. The maximum atomic E-state index is 12.6. The Bertz CT molecular complexity index is 1380. The number of nitrogens with zero attached hydrogens (tertiary/aromatic N) is 1. The molecule has 334 valence electrons. The molecule has 0 heterocycles. The van der Waals surface area contributed by atoms with Gasteiger partial charge in [-0.3, -0.25) is 14.2 Å². The molecule has 0 aliphatic heterocycles. The van der Waals surface area contributed by atoms with Gasteiger partial charge in [0.1, 0.15) is 19.8 Å². The van der Waals surface area contributed by atoms with Crippen LogP contribution in [0.25, 0.3) is 0 Å². The van der Waals surface area contributed by atoms with Gasteiger partial charge in [-0.2, -0.15) is 0 Å². The first-order chi connectivity index (χ1) is 28.4. The third-order valence-electron chi connectivity index (χ3n) is 8.37. The molecule has 11 heteroatoms. The van der Waals surface area contributed by atoms with Crippen molar-refractivity contribution in [3.05, 3.63) is 109 Å². The molecule has 0 rings (SSSR count). The fourth-order valence-corrected chi connectivity index (χ4v) is 5.67. The minimum Gasteiger partial charge on any atom is -0.756 e. The molecule has 0 radical (unpaired) electrons. The molecule has 0 aliphatic rings. The molecule has 0 saturated carbocycles. The molecule has 3 atom stereocenters. The van der Waals surface area contributed by atoms with E-state index < -0.39 is 38.6 Å². The highest BCUT2D eigenvalue weighted by molar-refractivity contribution is 7.45. The first-order valence-electron chi connectivity index (χ1n) is 21.7. The summed E-state index contributed by atoms with van der Waals surface area (Å²) in [6.07, 6.45) is 48.9. The van der Waals surface area contributed by atoms with Gasteiger partial charge in [0.05, 0.1) is 33.9 Å². The zero-order chi connectivity index (χ0) is 43.7. The summed E-state index contributed by atoms with van der Waals surface area (Å²) in [6.45, 7) is 3.81. The van der Waals surface area contributed by atoms with Crippen LogP contribution in [-0.4, -0.2) is 81.2 Å². The molecule has 0 aromatic carbocycles. The molecule has 0 bridgehead atoms. The lowest BCUT2D eigenvalue weighted by Crippen LogP contribution is -2.37. The van der Waals surface area contributed by atoms with Crippen LogP contribution in [0.3, 0.4) is 0 Å². The number of aliphatic hydroxyl groups is 1. The second-order valence-corrected chi connectivity index (χ2v) is 16.6. The average Bonchev–Trinajstić information content (AvgIpc) is 3.18. The molecule has 59 heavy (non-hydrogen) atoms. The highest BCUT2D eigenvalue weighted by Crippen LogP contribution is 2.38. The van der Waals surface area contributed by atoms with Crippen molar-refractivity contribution in [2.24, 2.45) is 0 Å². The van der Waals surface area contributed by atoms with Gasteiger partial charge in [-0.1, -0.05) is 136 Å². The van der Waals surface area contributed by atoms with E-state index >= 15 is 0 Å². The summed E-state index contributed by atoms with van der Waals surface area (Å²) in [4.78, 5) is 37.5. The van der Waals surface area contributed by atoms with E-state index in [-0.39, 0.29) is 26.1 Å². The van der Waals surface area contributed by atoms with Crippen LogP contribution in [-0.2, 0) is 32.7 Å². The van der Waals surface area contributed by atoms with Crippen molar-refractivity contribution in [3.63, 3.8) is 0 Å². The van der Waals surface area contributed by atoms with Crippen molar-refractivity contribution in [2.75, 3.05) is 47.5 Å². The van der Waals surface area contributed by atoms with Crippen LogP contribution in [0.4, 0.5) is 0 Å². The molecule has 10 nitrogen and oxygen atoms in total. The van der Waals surface area contributed by atoms with Crippen LogP contribution in [0.2, 0.25) is 0 Å². The predicted octanol–water partition coefficient (Wildman–Crippen LogP) is 10.7. The second-order valence-electron chi connectivity index (χ2n) is 15.2. The predicted molar refractivity (Wildman–Crippen MR) is 241 cm³/mol. The lowest BCUT2D eigenvalue weighted by molar-refractivity contribution is -0.870. The van der Waals surface area contributed by atoms with Crippen LogP contribution >= 0.6 is 7.82 Å². The number of hydrogen-bond donors (Lipinski definition) is 1. The van der Waals surface area contributed by atoms with Crippen molar-refractivity contribution >= 4 is 19.8 Å². The van der Waals surface area contributed by atoms with Gasteiger partial charge < -0.3 is 33.0 Å². The third kappa shape index (κ3) is 42.6. The van der Waals surface area contributed by atoms with E-state index in [1.807, 2.05) is 63.7 Å². The molecule has 1 N–H and O–H groups in total. The summed E-state index contributed by atoms with van der Waals surface area (Å²) in [5, 5.41) is 9.84. The van der Waals surface area contributed by atoms with E-state index in [0.717, 1.165) is 57.8 Å². The summed E-state index contributed by atoms with van der Waals surface area (Å²) in [6, 6.07) is 0. The lowest BCUT2D eigenvalue weighted by Gasteiger charge is -2.28. The van der Waals surface area contributed by atoms with Crippen molar-refractivity contribution in [2.45, 2.75) is 135 Å². The quantitative estimate of drug-likeness (QED) is 0.0162. The molecule has 0 aromatic rings. The number of esters is 2. The maximum absolute atomic E-state index is 12.6. The number of hydrogen-bond acceptors (Lipinski definition) is 9. The summed E-state index contributed by atoms with van der Waals surface area (Å²) in [7, 11) is 1.06. The number of carbonyl (C=O) groups is 2. The number of unbranched alkanes of at least 4 members (excludes halogenated alkanes) is 5. The van der Waals surface area contributed by atoms with Gasteiger partial charge in [-0.15, -0.1) is 0 Å². The molecule has 0 saturated heterocycles. The van der Waals surface area contributed by atoms with Crippen LogP contribution < -0.4 is 4.89 Å². The Labute approximate surface area is 358 Å². The van der Waals surface area contributed by atoms with Gasteiger partial charge in [0.25, 0.3) is 7.82 Å². The number of allylic oxidation sites excluding steroid dienone is 16.